The van der Waals surface area contributed by atoms with Crippen LogP contribution in [0, 0.1) is 0 Å². The van der Waals surface area contributed by atoms with E-state index in [2.05, 4.69) is 15.0 Å². The Morgan fingerprint density at radius 2 is 2.38 bits per heavy atom. The predicted octanol–water partition coefficient (Wildman–Crippen LogP) is 0.689. The van der Waals surface area contributed by atoms with Crippen molar-refractivity contribution in [3.63, 3.8) is 0 Å². The van der Waals surface area contributed by atoms with Gasteiger partial charge in [-0.2, -0.15) is 0 Å². The summed E-state index contributed by atoms with van der Waals surface area (Å²) in [6.45, 7) is 1.70. The van der Waals surface area contributed by atoms with E-state index < -0.39 is 6.04 Å². The number of carbonyl (C=O) groups is 1. The molecule has 1 heterocycles. The van der Waals surface area contributed by atoms with Crippen LogP contribution in [0.2, 0.25) is 0 Å². The number of pyridine rings is 1. The molecule has 0 amide bonds. The lowest BCUT2D eigenvalue weighted by Gasteiger charge is -2.13. The number of nitrogens with zero attached hydrogens (tertiary/aromatic N) is 1. The predicted molar refractivity (Wildman–Crippen MR) is 65.2 cm³/mol. The minimum atomic E-state index is -0.438. The molecule has 3 N–H and O–H groups in total. The van der Waals surface area contributed by atoms with E-state index >= 15 is 0 Å². The summed E-state index contributed by atoms with van der Waals surface area (Å²) < 4.78 is 4.59. The summed E-state index contributed by atoms with van der Waals surface area (Å²) in [5.74, 6) is -0.339. The fraction of sp³-hybridized carbons (Fsp3) is 0.300. The molecule has 0 fully saturated rings. The molecular weight excluding hydrogens is 226 g/mol. The van der Waals surface area contributed by atoms with E-state index in [1.54, 1.807) is 25.3 Å². The quantitative estimate of drug-likeness (QED) is 0.594. The molecule has 1 atom stereocenters. The smallest absolute Gasteiger partial charge is 0.327 e. The Kier molecular flexibility index (Phi) is 4.19. The minimum Gasteiger partial charge on any atom is -0.467 e. The highest BCUT2D eigenvalue weighted by Gasteiger charge is 2.12. The molecule has 0 radical (unpaired) electrons. The van der Waals surface area contributed by atoms with Gasteiger partial charge in [0.2, 0.25) is 0 Å². The van der Waals surface area contributed by atoms with Gasteiger partial charge in [-0.1, -0.05) is 12.2 Å². The van der Waals surface area contributed by atoms with Crippen molar-refractivity contribution in [1.82, 2.24) is 4.98 Å². The van der Waals surface area contributed by atoms with E-state index in [0.717, 1.165) is 5.69 Å². The van der Waals surface area contributed by atoms with Crippen LogP contribution in [0.15, 0.2) is 18.3 Å². The number of aromatic nitrogens is 1. The third kappa shape index (κ3) is 3.16. The lowest BCUT2D eigenvalue weighted by Crippen LogP contribution is -2.27. The van der Waals surface area contributed by atoms with Crippen LogP contribution in [0.1, 0.15) is 12.6 Å². The number of ether oxygens (including phenoxy) is 1. The largest absolute Gasteiger partial charge is 0.467 e. The number of methoxy groups -OCH3 is 1. The zero-order valence-electron chi connectivity index (χ0n) is 9.06. The molecule has 0 spiro atoms. The maximum absolute atomic E-state index is 11.2. The molecule has 0 aromatic carbocycles. The molecule has 1 rings (SSSR count). The third-order valence-corrected chi connectivity index (χ3v) is 2.16. The minimum absolute atomic E-state index is 0.217. The Morgan fingerprint density at radius 1 is 1.69 bits per heavy atom. The summed E-state index contributed by atoms with van der Waals surface area (Å²) in [6, 6.07) is 2.97. The first-order chi connectivity index (χ1) is 7.54. The average molecular weight is 239 g/mol. The van der Waals surface area contributed by atoms with Crippen LogP contribution >= 0.6 is 12.2 Å². The van der Waals surface area contributed by atoms with E-state index in [1.165, 1.54) is 7.11 Å². The van der Waals surface area contributed by atoms with Crippen molar-refractivity contribution in [2.45, 2.75) is 13.0 Å². The monoisotopic (exact) mass is 239 g/mol. The summed E-state index contributed by atoms with van der Waals surface area (Å²) in [5.41, 5.74) is 6.68. The van der Waals surface area contributed by atoms with Crippen molar-refractivity contribution in [1.29, 1.82) is 0 Å². The van der Waals surface area contributed by atoms with Crippen LogP contribution in [-0.4, -0.2) is 29.1 Å². The Bertz CT molecular complexity index is 409. The van der Waals surface area contributed by atoms with E-state index in [0.29, 0.717) is 5.69 Å². The molecule has 1 aromatic rings. The number of rotatable bonds is 4. The molecule has 0 saturated heterocycles. The van der Waals surface area contributed by atoms with Crippen molar-refractivity contribution in [2.24, 2.45) is 5.73 Å². The van der Waals surface area contributed by atoms with Crippen molar-refractivity contribution in [2.75, 3.05) is 12.4 Å². The van der Waals surface area contributed by atoms with Crippen molar-refractivity contribution >= 4 is 28.9 Å². The number of anilines is 1. The standard InChI is InChI=1S/C10H13N3O2S/c1-6(10(14)15-2)13-7-3-4-12-8(5-7)9(11)16/h3-6H,1-2H3,(H2,11,16)(H,12,13). The number of hydrogen-bond donors (Lipinski definition) is 2. The van der Waals surface area contributed by atoms with Gasteiger partial charge in [-0.25, -0.2) is 4.79 Å². The molecular formula is C10H13N3O2S. The number of nitrogens with one attached hydrogen (secondary N) is 1. The Hall–Kier alpha value is -1.69. The molecule has 6 heteroatoms. The van der Waals surface area contributed by atoms with Gasteiger partial charge in [0.1, 0.15) is 11.0 Å². The summed E-state index contributed by atoms with van der Waals surface area (Å²) in [7, 11) is 1.34. The molecule has 86 valence electrons. The SMILES string of the molecule is COC(=O)C(C)Nc1ccnc(C(N)=S)c1. The lowest BCUT2D eigenvalue weighted by atomic mass is 10.2. The fourth-order valence-corrected chi connectivity index (χ4v) is 1.25. The summed E-state index contributed by atoms with van der Waals surface area (Å²) >= 11 is 4.81. The van der Waals surface area contributed by atoms with E-state index in [1.807, 2.05) is 0 Å². The van der Waals surface area contributed by atoms with Crippen LogP contribution in [0.3, 0.4) is 0 Å². The zero-order chi connectivity index (χ0) is 12.1. The first-order valence-electron chi connectivity index (χ1n) is 4.65. The summed E-state index contributed by atoms with van der Waals surface area (Å²) in [5, 5.41) is 2.96. The Labute approximate surface area is 99.0 Å². The maximum atomic E-state index is 11.2. The summed E-state index contributed by atoms with van der Waals surface area (Å²) in [4.78, 5) is 15.4. The molecule has 0 saturated carbocycles. The maximum Gasteiger partial charge on any atom is 0.327 e. The van der Waals surface area contributed by atoms with Gasteiger partial charge in [0.25, 0.3) is 0 Å². The molecule has 1 aromatic heterocycles. The van der Waals surface area contributed by atoms with E-state index in [-0.39, 0.29) is 11.0 Å². The number of nitrogens with two attached hydrogens (primary N) is 1. The first kappa shape index (κ1) is 12.4. The van der Waals surface area contributed by atoms with Crippen LogP contribution in [0.4, 0.5) is 5.69 Å². The van der Waals surface area contributed by atoms with E-state index in [4.69, 9.17) is 18.0 Å². The summed E-state index contributed by atoms with van der Waals surface area (Å²) in [6.07, 6.45) is 1.57. The van der Waals surface area contributed by atoms with Crippen molar-refractivity contribution in [3.05, 3.63) is 24.0 Å². The van der Waals surface area contributed by atoms with Gasteiger partial charge >= 0.3 is 5.97 Å². The fourth-order valence-electron chi connectivity index (χ4n) is 1.14. The number of hydrogen-bond acceptors (Lipinski definition) is 5. The van der Waals surface area contributed by atoms with Crippen LogP contribution < -0.4 is 11.1 Å². The van der Waals surface area contributed by atoms with Gasteiger partial charge in [0, 0.05) is 11.9 Å². The molecule has 0 bridgehead atoms. The molecule has 0 aliphatic rings. The van der Waals surface area contributed by atoms with E-state index in [9.17, 15) is 4.79 Å². The second-order valence-electron chi connectivity index (χ2n) is 3.18. The highest BCUT2D eigenvalue weighted by molar-refractivity contribution is 7.80. The highest BCUT2D eigenvalue weighted by atomic mass is 32.1. The van der Waals surface area contributed by atoms with Crippen LogP contribution in [-0.2, 0) is 9.53 Å². The zero-order valence-corrected chi connectivity index (χ0v) is 9.88. The lowest BCUT2D eigenvalue weighted by molar-refractivity contribution is -0.141. The number of esters is 1. The van der Waals surface area contributed by atoms with Crippen LogP contribution in [0.25, 0.3) is 0 Å². The Balaban J connectivity index is 2.78. The van der Waals surface area contributed by atoms with Gasteiger partial charge in [-0.05, 0) is 19.1 Å². The second kappa shape index (κ2) is 5.41. The van der Waals surface area contributed by atoms with Gasteiger partial charge in [0.15, 0.2) is 0 Å². The number of carbonyl (C=O) groups excluding carboxylic acids is 1. The molecule has 0 aliphatic carbocycles. The molecule has 1 unspecified atom stereocenters. The van der Waals surface area contributed by atoms with Gasteiger partial charge < -0.3 is 15.8 Å². The molecule has 0 aliphatic heterocycles. The normalized spacial score (nSPS) is 11.6. The third-order valence-electron chi connectivity index (χ3n) is 1.95. The Morgan fingerprint density at radius 3 is 2.94 bits per heavy atom. The number of thiocarbonyl (C=S) groups is 1. The second-order valence-corrected chi connectivity index (χ2v) is 3.62. The van der Waals surface area contributed by atoms with Crippen molar-refractivity contribution < 1.29 is 9.53 Å². The van der Waals surface area contributed by atoms with Crippen molar-refractivity contribution in [3.8, 4) is 0 Å². The highest BCUT2D eigenvalue weighted by Crippen LogP contribution is 2.09. The molecule has 5 nitrogen and oxygen atoms in total. The van der Waals surface area contributed by atoms with Gasteiger partial charge in [-0.15, -0.1) is 0 Å². The molecule has 16 heavy (non-hydrogen) atoms. The van der Waals surface area contributed by atoms with Gasteiger partial charge in [-0.3, -0.25) is 4.98 Å². The first-order valence-corrected chi connectivity index (χ1v) is 5.05. The average Bonchev–Trinajstić information content (AvgIpc) is 2.28. The van der Waals surface area contributed by atoms with Gasteiger partial charge in [0.05, 0.1) is 12.8 Å². The van der Waals surface area contributed by atoms with Crippen LogP contribution in [0.5, 0.6) is 0 Å². The topological polar surface area (TPSA) is 77.2 Å².